The van der Waals surface area contributed by atoms with Crippen molar-refractivity contribution in [1.82, 2.24) is 5.32 Å². The van der Waals surface area contributed by atoms with Crippen molar-refractivity contribution in [1.29, 1.82) is 0 Å². The van der Waals surface area contributed by atoms with Crippen molar-refractivity contribution >= 4 is 60.6 Å². The second kappa shape index (κ2) is 12.3. The zero-order valence-corrected chi connectivity index (χ0v) is 23.4. The molecule has 0 saturated heterocycles. The van der Waals surface area contributed by atoms with Gasteiger partial charge in [0.25, 0.3) is 15.9 Å². The van der Waals surface area contributed by atoms with Crippen LogP contribution in [0.5, 0.6) is 5.75 Å². The van der Waals surface area contributed by atoms with Crippen LogP contribution in [0.25, 0.3) is 0 Å². The van der Waals surface area contributed by atoms with Gasteiger partial charge in [-0.25, -0.2) is 8.42 Å². The van der Waals surface area contributed by atoms with Gasteiger partial charge in [-0.1, -0.05) is 35.3 Å². The molecule has 7 nitrogen and oxygen atoms in total. The minimum Gasteiger partial charge on any atom is -0.493 e. The summed E-state index contributed by atoms with van der Waals surface area (Å²) in [4.78, 5) is 12.9. The van der Waals surface area contributed by atoms with Crippen LogP contribution in [0, 0.1) is 13.8 Å². The van der Waals surface area contributed by atoms with Gasteiger partial charge in [-0.2, -0.15) is 0 Å². The minimum atomic E-state index is -3.76. The van der Waals surface area contributed by atoms with Crippen LogP contribution in [-0.2, 0) is 10.0 Å². The van der Waals surface area contributed by atoms with Crippen molar-refractivity contribution in [3.63, 3.8) is 0 Å². The van der Waals surface area contributed by atoms with Gasteiger partial charge in [0, 0.05) is 15.8 Å². The topological polar surface area (TPSA) is 96.5 Å². The highest BCUT2D eigenvalue weighted by atomic mass is 79.9. The van der Waals surface area contributed by atoms with Gasteiger partial charge in [0.2, 0.25) is 0 Å². The van der Waals surface area contributed by atoms with E-state index in [0.717, 1.165) is 28.4 Å². The van der Waals surface area contributed by atoms with Crippen molar-refractivity contribution in [3.05, 3.63) is 81.8 Å². The Morgan fingerprint density at radius 1 is 0.972 bits per heavy atom. The molecule has 0 bridgehead atoms. The van der Waals surface area contributed by atoms with E-state index in [1.807, 2.05) is 19.9 Å². The maximum absolute atomic E-state index is 12.8. The number of carbonyl (C=O) groups excluding carboxylic acids is 1. The van der Waals surface area contributed by atoms with Crippen molar-refractivity contribution in [2.75, 3.05) is 16.6 Å². The third-order valence-corrected chi connectivity index (χ3v) is 7.44. The fraction of sp³-hybridized carbons (Fsp3) is 0.231. The second-order valence-corrected chi connectivity index (χ2v) is 11.2. The summed E-state index contributed by atoms with van der Waals surface area (Å²) in [5, 5.41) is 5.62. The molecule has 10 heteroatoms. The van der Waals surface area contributed by atoms with Crippen LogP contribution in [0.15, 0.2) is 70.0 Å². The molecule has 0 aliphatic heterocycles. The van der Waals surface area contributed by atoms with Crippen LogP contribution in [0.2, 0.25) is 0 Å². The molecule has 0 aliphatic rings. The number of sulfonamides is 1. The fourth-order valence-electron chi connectivity index (χ4n) is 3.20. The number of aryl methyl sites for hydroxylation is 2. The number of halogens is 1. The molecule has 0 heterocycles. The summed E-state index contributed by atoms with van der Waals surface area (Å²) in [7, 11) is -3.76. The fourth-order valence-corrected chi connectivity index (χ4v) is 4.82. The zero-order chi connectivity index (χ0) is 26.3. The van der Waals surface area contributed by atoms with Crippen LogP contribution in [0.3, 0.4) is 0 Å². The lowest BCUT2D eigenvalue weighted by Gasteiger charge is -2.14. The molecule has 0 fully saturated rings. The highest BCUT2D eigenvalue weighted by molar-refractivity contribution is 9.10. The number of benzene rings is 3. The van der Waals surface area contributed by atoms with Crippen LogP contribution >= 0.6 is 28.1 Å². The summed E-state index contributed by atoms with van der Waals surface area (Å²) in [5.41, 5.74) is 3.45. The lowest BCUT2D eigenvalue weighted by Crippen LogP contribution is -2.34. The molecule has 36 heavy (non-hydrogen) atoms. The lowest BCUT2D eigenvalue weighted by atomic mass is 10.1. The van der Waals surface area contributed by atoms with Crippen molar-refractivity contribution in [2.45, 2.75) is 38.5 Å². The molecule has 0 unspecified atom stereocenters. The first kappa shape index (κ1) is 27.6. The third kappa shape index (κ3) is 7.52. The smallest absolute Gasteiger partial charge is 0.261 e. The maximum Gasteiger partial charge on any atom is 0.261 e. The molecule has 0 radical (unpaired) electrons. The number of nitrogens with one attached hydrogen (secondary N) is 3. The van der Waals surface area contributed by atoms with E-state index in [9.17, 15) is 13.2 Å². The Balaban J connectivity index is 1.64. The molecule has 3 aromatic rings. The number of hydrogen-bond donors (Lipinski definition) is 3. The molecular formula is C26H28BrN3O4S2. The van der Waals surface area contributed by atoms with E-state index in [-0.39, 0.29) is 10.0 Å². The van der Waals surface area contributed by atoms with E-state index in [0.29, 0.717) is 29.3 Å². The quantitative estimate of drug-likeness (QED) is 0.204. The van der Waals surface area contributed by atoms with Crippen molar-refractivity contribution in [2.24, 2.45) is 0 Å². The number of anilines is 2. The minimum absolute atomic E-state index is 0.0725. The number of thiocarbonyl (C=S) groups is 1. The first-order valence-corrected chi connectivity index (χ1v) is 14.0. The standard InChI is InChI=1S/C26H28BrN3O4S2/c1-4-5-14-34-24-13-7-19(27)16-23(24)25(31)29-26(35)28-20-9-11-22(12-10-20)36(32,33)30-21-8-6-17(2)18(3)15-21/h6-13,15-16,30H,4-5,14H2,1-3H3,(H2,28,29,31,35). The molecule has 0 aliphatic carbocycles. The van der Waals surface area contributed by atoms with E-state index in [1.165, 1.54) is 12.1 Å². The first-order valence-electron chi connectivity index (χ1n) is 11.3. The molecular weight excluding hydrogens is 562 g/mol. The molecule has 0 saturated carbocycles. The van der Waals surface area contributed by atoms with Crippen molar-refractivity contribution < 1.29 is 17.9 Å². The lowest BCUT2D eigenvalue weighted by molar-refractivity contribution is 0.0973. The van der Waals surface area contributed by atoms with Gasteiger partial charge in [0.1, 0.15) is 5.75 Å². The molecule has 190 valence electrons. The predicted octanol–water partition coefficient (Wildman–Crippen LogP) is 6.17. The largest absolute Gasteiger partial charge is 0.493 e. The SMILES string of the molecule is CCCCOc1ccc(Br)cc1C(=O)NC(=S)Nc1ccc(S(=O)(=O)Nc2ccc(C)c(C)c2)cc1. The molecule has 1 amide bonds. The number of ether oxygens (including phenoxy) is 1. The summed E-state index contributed by atoms with van der Waals surface area (Å²) in [6, 6.07) is 16.7. The van der Waals surface area contributed by atoms with Crippen LogP contribution < -0.4 is 20.1 Å². The average Bonchev–Trinajstić information content (AvgIpc) is 2.82. The number of rotatable bonds is 9. The Hall–Kier alpha value is -2.95. The van der Waals surface area contributed by atoms with Crippen LogP contribution in [-0.4, -0.2) is 26.0 Å². The maximum atomic E-state index is 12.8. The van der Waals surface area contributed by atoms with E-state index in [1.54, 1.807) is 42.5 Å². The van der Waals surface area contributed by atoms with Gasteiger partial charge in [0.05, 0.1) is 17.1 Å². The molecule has 0 atom stereocenters. The van der Waals surface area contributed by atoms with E-state index in [2.05, 4.69) is 38.2 Å². The molecule has 0 aromatic heterocycles. The van der Waals surface area contributed by atoms with Gasteiger partial charge in [-0.15, -0.1) is 0 Å². The molecule has 3 N–H and O–H groups in total. The third-order valence-electron chi connectivity index (χ3n) is 5.35. The predicted molar refractivity (Wildman–Crippen MR) is 151 cm³/mol. The number of unbranched alkanes of at least 4 members (excludes halogenated alkanes) is 1. The monoisotopic (exact) mass is 589 g/mol. The highest BCUT2D eigenvalue weighted by Gasteiger charge is 2.17. The Morgan fingerprint density at radius 3 is 2.33 bits per heavy atom. The Kier molecular flexibility index (Phi) is 9.47. The van der Waals surface area contributed by atoms with Gasteiger partial charge >= 0.3 is 0 Å². The van der Waals surface area contributed by atoms with Crippen LogP contribution in [0.1, 0.15) is 41.3 Å². The van der Waals surface area contributed by atoms with Crippen LogP contribution in [0.4, 0.5) is 11.4 Å². The average molecular weight is 591 g/mol. The Labute approximate surface area is 225 Å². The zero-order valence-electron chi connectivity index (χ0n) is 20.2. The molecule has 0 spiro atoms. The van der Waals surface area contributed by atoms with E-state index in [4.69, 9.17) is 17.0 Å². The van der Waals surface area contributed by atoms with Gasteiger partial charge < -0.3 is 10.1 Å². The summed E-state index contributed by atoms with van der Waals surface area (Å²) in [5.74, 6) is 0.0508. The summed E-state index contributed by atoms with van der Waals surface area (Å²) >= 11 is 8.66. The Bertz CT molecular complexity index is 1360. The molecule has 3 aromatic carbocycles. The number of carbonyl (C=O) groups is 1. The highest BCUT2D eigenvalue weighted by Crippen LogP contribution is 2.24. The van der Waals surface area contributed by atoms with E-state index >= 15 is 0 Å². The Morgan fingerprint density at radius 2 is 1.67 bits per heavy atom. The summed E-state index contributed by atoms with van der Waals surface area (Å²) in [6.45, 7) is 6.46. The van der Waals surface area contributed by atoms with E-state index < -0.39 is 15.9 Å². The summed E-state index contributed by atoms with van der Waals surface area (Å²) < 4.78 is 34.6. The first-order chi connectivity index (χ1) is 17.1. The van der Waals surface area contributed by atoms with Gasteiger partial charge in [0.15, 0.2) is 5.11 Å². The van der Waals surface area contributed by atoms with Gasteiger partial charge in [-0.3, -0.25) is 14.8 Å². The van der Waals surface area contributed by atoms with Gasteiger partial charge in [-0.05, 0) is 98.2 Å². The summed E-state index contributed by atoms with van der Waals surface area (Å²) in [6.07, 6.45) is 1.86. The van der Waals surface area contributed by atoms with Crippen molar-refractivity contribution in [3.8, 4) is 5.75 Å². The normalized spacial score (nSPS) is 11.0. The molecule has 3 rings (SSSR count). The number of amides is 1. The number of hydrogen-bond acceptors (Lipinski definition) is 5. The second-order valence-electron chi connectivity index (χ2n) is 8.18.